The molecule has 0 aromatic carbocycles. The summed E-state index contributed by atoms with van der Waals surface area (Å²) in [5, 5.41) is 9.80. The second-order valence-corrected chi connectivity index (χ2v) is 3.95. The van der Waals surface area contributed by atoms with E-state index in [-0.39, 0.29) is 11.9 Å². The number of nitrogens with one attached hydrogen (secondary N) is 2. The van der Waals surface area contributed by atoms with Crippen molar-refractivity contribution in [2.75, 3.05) is 13.6 Å². The first-order valence-electron chi connectivity index (χ1n) is 5.23. The summed E-state index contributed by atoms with van der Waals surface area (Å²) in [6, 6.07) is 0.0156. The van der Waals surface area contributed by atoms with Crippen LogP contribution in [0.2, 0.25) is 0 Å². The Kier molecular flexibility index (Phi) is 3.01. The molecule has 1 aliphatic heterocycles. The predicted molar refractivity (Wildman–Crippen MR) is 56.1 cm³/mol. The van der Waals surface area contributed by atoms with Gasteiger partial charge in [0.25, 0.3) is 0 Å². The molecule has 1 atom stereocenters. The molecule has 5 nitrogen and oxygen atoms in total. The van der Waals surface area contributed by atoms with E-state index in [2.05, 4.69) is 15.5 Å². The summed E-state index contributed by atoms with van der Waals surface area (Å²) >= 11 is 0. The molecule has 0 unspecified atom stereocenters. The second-order valence-electron chi connectivity index (χ2n) is 3.95. The highest BCUT2D eigenvalue weighted by atomic mass is 16.2. The van der Waals surface area contributed by atoms with Gasteiger partial charge in [0.15, 0.2) is 0 Å². The molecular weight excluding hydrogens is 192 g/mol. The van der Waals surface area contributed by atoms with Crippen LogP contribution in [0, 0.1) is 0 Å². The topological polar surface area (TPSA) is 61.0 Å². The third-order valence-electron chi connectivity index (χ3n) is 2.71. The summed E-state index contributed by atoms with van der Waals surface area (Å²) in [7, 11) is 1.83. The molecule has 0 bridgehead atoms. The Hall–Kier alpha value is -1.36. The SMILES string of the molecule is CN(Cc1cn[nH]c1)C(=O)[C@H]1CCCN1. The smallest absolute Gasteiger partial charge is 0.239 e. The van der Waals surface area contributed by atoms with Gasteiger partial charge in [-0.1, -0.05) is 0 Å². The van der Waals surface area contributed by atoms with Gasteiger partial charge in [0, 0.05) is 25.4 Å². The first-order valence-corrected chi connectivity index (χ1v) is 5.23. The summed E-state index contributed by atoms with van der Waals surface area (Å²) < 4.78 is 0. The number of H-pyrrole nitrogens is 1. The molecule has 2 heterocycles. The summed E-state index contributed by atoms with van der Waals surface area (Å²) in [6.45, 7) is 1.57. The van der Waals surface area contributed by atoms with Crippen molar-refractivity contribution in [3.8, 4) is 0 Å². The summed E-state index contributed by atoms with van der Waals surface area (Å²) in [6.07, 6.45) is 5.60. The van der Waals surface area contributed by atoms with Crippen LogP contribution in [0.1, 0.15) is 18.4 Å². The maximum Gasteiger partial charge on any atom is 0.239 e. The molecule has 1 saturated heterocycles. The van der Waals surface area contributed by atoms with Crippen molar-refractivity contribution >= 4 is 5.91 Å². The average Bonchev–Trinajstić information content (AvgIpc) is 2.88. The molecule has 1 aromatic heterocycles. The van der Waals surface area contributed by atoms with Crippen LogP contribution in [-0.2, 0) is 11.3 Å². The molecule has 15 heavy (non-hydrogen) atoms. The first-order chi connectivity index (χ1) is 7.27. The fraction of sp³-hybridized carbons (Fsp3) is 0.600. The summed E-state index contributed by atoms with van der Waals surface area (Å²) in [5.74, 6) is 0.175. The third kappa shape index (κ3) is 2.36. The number of aromatic amines is 1. The minimum Gasteiger partial charge on any atom is -0.340 e. The lowest BCUT2D eigenvalue weighted by Crippen LogP contribution is -2.41. The van der Waals surface area contributed by atoms with Gasteiger partial charge in [-0.05, 0) is 19.4 Å². The maximum absolute atomic E-state index is 11.9. The first kappa shape index (κ1) is 10.2. The van der Waals surface area contributed by atoms with Gasteiger partial charge in [0.2, 0.25) is 5.91 Å². The predicted octanol–water partition coefficient (Wildman–Crippen LogP) is 0.120. The van der Waals surface area contributed by atoms with Crippen LogP contribution >= 0.6 is 0 Å². The van der Waals surface area contributed by atoms with Crippen molar-refractivity contribution < 1.29 is 4.79 Å². The minimum atomic E-state index is 0.0156. The Labute approximate surface area is 88.8 Å². The number of aromatic nitrogens is 2. The van der Waals surface area contributed by atoms with Crippen LogP contribution in [0.25, 0.3) is 0 Å². The van der Waals surface area contributed by atoms with E-state index < -0.39 is 0 Å². The van der Waals surface area contributed by atoms with Crippen molar-refractivity contribution in [3.63, 3.8) is 0 Å². The minimum absolute atomic E-state index is 0.0156. The largest absolute Gasteiger partial charge is 0.340 e. The van der Waals surface area contributed by atoms with E-state index in [1.807, 2.05) is 13.2 Å². The molecule has 0 saturated carbocycles. The quantitative estimate of drug-likeness (QED) is 0.741. The lowest BCUT2D eigenvalue weighted by Gasteiger charge is -2.20. The van der Waals surface area contributed by atoms with E-state index in [0.29, 0.717) is 6.54 Å². The highest BCUT2D eigenvalue weighted by Crippen LogP contribution is 2.09. The molecule has 2 N–H and O–H groups in total. The third-order valence-corrected chi connectivity index (χ3v) is 2.71. The van der Waals surface area contributed by atoms with E-state index in [9.17, 15) is 4.79 Å². The Bertz CT molecular complexity index is 316. The van der Waals surface area contributed by atoms with E-state index in [1.54, 1.807) is 11.1 Å². The van der Waals surface area contributed by atoms with E-state index in [0.717, 1.165) is 24.9 Å². The highest BCUT2D eigenvalue weighted by Gasteiger charge is 2.24. The zero-order valence-electron chi connectivity index (χ0n) is 8.86. The number of carbonyl (C=O) groups excluding carboxylic acids is 1. The molecule has 1 aromatic rings. The van der Waals surface area contributed by atoms with Crippen molar-refractivity contribution in [2.24, 2.45) is 0 Å². The number of rotatable bonds is 3. The van der Waals surface area contributed by atoms with Gasteiger partial charge in [-0.15, -0.1) is 0 Å². The van der Waals surface area contributed by atoms with Gasteiger partial charge in [-0.3, -0.25) is 9.89 Å². The van der Waals surface area contributed by atoms with Crippen molar-refractivity contribution in [1.29, 1.82) is 0 Å². The molecule has 0 aliphatic carbocycles. The number of carbonyl (C=O) groups is 1. The number of hydrogen-bond acceptors (Lipinski definition) is 3. The van der Waals surface area contributed by atoms with E-state index in [1.165, 1.54) is 0 Å². The van der Waals surface area contributed by atoms with Crippen LogP contribution in [0.15, 0.2) is 12.4 Å². The normalized spacial score (nSPS) is 20.5. The van der Waals surface area contributed by atoms with Gasteiger partial charge in [-0.25, -0.2) is 0 Å². The number of amides is 1. The van der Waals surface area contributed by atoms with Gasteiger partial charge in [0.05, 0.1) is 12.2 Å². The molecular formula is C10H16N4O. The lowest BCUT2D eigenvalue weighted by atomic mass is 10.2. The molecule has 1 fully saturated rings. The zero-order chi connectivity index (χ0) is 10.7. The molecule has 0 spiro atoms. The van der Waals surface area contributed by atoms with E-state index >= 15 is 0 Å². The molecule has 0 radical (unpaired) electrons. The Morgan fingerprint density at radius 2 is 2.60 bits per heavy atom. The number of likely N-dealkylation sites (N-methyl/N-ethyl adjacent to an activating group) is 1. The number of nitrogens with zero attached hydrogens (tertiary/aromatic N) is 2. The molecule has 1 amide bonds. The van der Waals surface area contributed by atoms with Crippen LogP contribution in [0.3, 0.4) is 0 Å². The van der Waals surface area contributed by atoms with Crippen molar-refractivity contribution in [1.82, 2.24) is 20.4 Å². The highest BCUT2D eigenvalue weighted by molar-refractivity contribution is 5.81. The Morgan fingerprint density at radius 1 is 1.73 bits per heavy atom. The Morgan fingerprint density at radius 3 is 3.20 bits per heavy atom. The van der Waals surface area contributed by atoms with Gasteiger partial charge in [0.1, 0.15) is 0 Å². The fourth-order valence-electron chi connectivity index (χ4n) is 1.88. The van der Waals surface area contributed by atoms with Crippen LogP contribution in [0.4, 0.5) is 0 Å². The average molecular weight is 208 g/mol. The maximum atomic E-state index is 11.9. The summed E-state index contributed by atoms with van der Waals surface area (Å²) in [5.41, 5.74) is 1.03. The summed E-state index contributed by atoms with van der Waals surface area (Å²) in [4.78, 5) is 13.6. The van der Waals surface area contributed by atoms with Crippen molar-refractivity contribution in [2.45, 2.75) is 25.4 Å². The lowest BCUT2D eigenvalue weighted by molar-refractivity contribution is -0.132. The Balaban J connectivity index is 1.89. The molecule has 2 rings (SSSR count). The van der Waals surface area contributed by atoms with Gasteiger partial charge in [-0.2, -0.15) is 5.10 Å². The monoisotopic (exact) mass is 208 g/mol. The standard InChI is InChI=1S/C10H16N4O/c1-14(7-8-5-12-13-6-8)10(15)9-3-2-4-11-9/h5-6,9,11H,2-4,7H2,1H3,(H,12,13)/t9-/m1/s1. The number of hydrogen-bond donors (Lipinski definition) is 2. The van der Waals surface area contributed by atoms with Crippen LogP contribution in [-0.4, -0.2) is 40.6 Å². The van der Waals surface area contributed by atoms with Gasteiger partial charge >= 0.3 is 0 Å². The fourth-order valence-corrected chi connectivity index (χ4v) is 1.88. The van der Waals surface area contributed by atoms with Crippen LogP contribution < -0.4 is 5.32 Å². The molecule has 82 valence electrons. The van der Waals surface area contributed by atoms with Crippen LogP contribution in [0.5, 0.6) is 0 Å². The zero-order valence-corrected chi connectivity index (χ0v) is 8.86. The molecule has 5 heteroatoms. The van der Waals surface area contributed by atoms with E-state index in [4.69, 9.17) is 0 Å². The second kappa shape index (κ2) is 4.44. The van der Waals surface area contributed by atoms with Crippen molar-refractivity contribution in [3.05, 3.63) is 18.0 Å². The van der Waals surface area contributed by atoms with Gasteiger partial charge < -0.3 is 10.2 Å². The molecule has 1 aliphatic rings.